The molecule has 0 aliphatic carbocycles. The number of carbonyl (C=O) groups excluding carboxylic acids is 1. The van der Waals surface area contributed by atoms with Crippen molar-refractivity contribution in [1.82, 2.24) is 5.32 Å². The molecule has 0 spiro atoms. The average Bonchev–Trinajstić information content (AvgIpc) is 2.39. The third kappa shape index (κ3) is 4.63. The topological polar surface area (TPSA) is 55.1 Å². The maximum Gasteiger partial charge on any atom is 0.224 e. The molecule has 0 aliphatic heterocycles. The molecule has 0 saturated heterocycles. The van der Waals surface area contributed by atoms with Crippen LogP contribution < -0.4 is 11.1 Å². The molecule has 0 heterocycles. The largest absolute Gasteiger partial charge is 0.389 e. The first-order chi connectivity index (χ1) is 8.90. The molecule has 104 valence electrons. The van der Waals surface area contributed by atoms with Crippen molar-refractivity contribution in [1.29, 1.82) is 0 Å². The number of nitrogens with two attached hydrogens (primary N) is 1. The molecule has 4 heteroatoms. The molecular formula is C15H22N2OS. The Morgan fingerprint density at radius 2 is 1.79 bits per heavy atom. The van der Waals surface area contributed by atoms with E-state index in [1.165, 1.54) is 0 Å². The number of rotatable bonds is 6. The summed E-state index contributed by atoms with van der Waals surface area (Å²) in [4.78, 5) is 12.4. The first-order valence-corrected chi connectivity index (χ1v) is 7.00. The van der Waals surface area contributed by atoms with Gasteiger partial charge in [0.25, 0.3) is 0 Å². The number of carbonyl (C=O) groups is 1. The number of amides is 1. The molecule has 19 heavy (non-hydrogen) atoms. The van der Waals surface area contributed by atoms with Gasteiger partial charge in [0.2, 0.25) is 5.91 Å². The van der Waals surface area contributed by atoms with Crippen molar-refractivity contribution in [3.05, 3.63) is 35.4 Å². The third-order valence-corrected chi connectivity index (χ3v) is 3.84. The van der Waals surface area contributed by atoms with E-state index in [0.29, 0.717) is 11.4 Å². The van der Waals surface area contributed by atoms with Gasteiger partial charge in [-0.15, -0.1) is 0 Å². The average molecular weight is 278 g/mol. The molecule has 3 nitrogen and oxygen atoms in total. The molecule has 3 N–H and O–H groups in total. The fourth-order valence-corrected chi connectivity index (χ4v) is 1.92. The maximum absolute atomic E-state index is 12.0. The molecule has 1 amide bonds. The van der Waals surface area contributed by atoms with E-state index in [9.17, 15) is 4.79 Å². The molecule has 0 aromatic heterocycles. The fourth-order valence-electron chi connectivity index (χ4n) is 1.78. The zero-order valence-corrected chi connectivity index (χ0v) is 12.6. The van der Waals surface area contributed by atoms with Gasteiger partial charge in [-0.25, -0.2) is 0 Å². The smallest absolute Gasteiger partial charge is 0.224 e. The van der Waals surface area contributed by atoms with E-state index in [-0.39, 0.29) is 11.4 Å². The van der Waals surface area contributed by atoms with Gasteiger partial charge in [-0.1, -0.05) is 50.3 Å². The molecular weight excluding hydrogens is 256 g/mol. The second-order valence-electron chi connectivity index (χ2n) is 5.05. The molecule has 0 unspecified atom stereocenters. The van der Waals surface area contributed by atoms with E-state index in [4.69, 9.17) is 18.0 Å². The Balaban J connectivity index is 2.64. The predicted octanol–water partition coefficient (Wildman–Crippen LogP) is 2.56. The van der Waals surface area contributed by atoms with Crippen LogP contribution in [0.5, 0.6) is 0 Å². The Bertz CT molecular complexity index is 450. The van der Waals surface area contributed by atoms with Gasteiger partial charge in [0.05, 0.1) is 6.42 Å². The number of hydrogen-bond donors (Lipinski definition) is 2. The monoisotopic (exact) mass is 278 g/mol. The highest BCUT2D eigenvalue weighted by Crippen LogP contribution is 2.14. The lowest BCUT2D eigenvalue weighted by atomic mass is 9.95. The van der Waals surface area contributed by atoms with Gasteiger partial charge in [-0.2, -0.15) is 0 Å². The van der Waals surface area contributed by atoms with Crippen LogP contribution in [0.1, 0.15) is 44.7 Å². The Kier molecular flexibility index (Phi) is 5.48. The Labute approximate surface area is 120 Å². The van der Waals surface area contributed by atoms with Crippen LogP contribution in [-0.4, -0.2) is 16.4 Å². The second kappa shape index (κ2) is 6.66. The van der Waals surface area contributed by atoms with E-state index >= 15 is 0 Å². The zero-order chi connectivity index (χ0) is 14.5. The van der Waals surface area contributed by atoms with Crippen LogP contribution in [0.25, 0.3) is 0 Å². The molecule has 1 aromatic carbocycles. The quantitative estimate of drug-likeness (QED) is 0.786. The van der Waals surface area contributed by atoms with Crippen LogP contribution >= 0.6 is 12.2 Å². The summed E-state index contributed by atoms with van der Waals surface area (Å²) in [6.07, 6.45) is 2.23. The fraction of sp³-hybridized carbons (Fsp3) is 0.467. The Morgan fingerprint density at radius 1 is 1.26 bits per heavy atom. The predicted molar refractivity (Wildman–Crippen MR) is 83.2 cm³/mol. The van der Waals surface area contributed by atoms with Crippen LogP contribution in [0.15, 0.2) is 24.3 Å². The summed E-state index contributed by atoms with van der Waals surface area (Å²) in [7, 11) is 0. The summed E-state index contributed by atoms with van der Waals surface area (Å²) < 4.78 is 0. The van der Waals surface area contributed by atoms with Gasteiger partial charge >= 0.3 is 0 Å². The van der Waals surface area contributed by atoms with Crippen molar-refractivity contribution in [3.8, 4) is 0 Å². The van der Waals surface area contributed by atoms with E-state index in [1.807, 2.05) is 24.3 Å². The van der Waals surface area contributed by atoms with Crippen LogP contribution in [0.4, 0.5) is 0 Å². The minimum atomic E-state index is -0.115. The van der Waals surface area contributed by atoms with Crippen LogP contribution in [0.3, 0.4) is 0 Å². The Hall–Kier alpha value is -1.42. The summed E-state index contributed by atoms with van der Waals surface area (Å²) in [5.41, 5.74) is 7.21. The van der Waals surface area contributed by atoms with Crippen molar-refractivity contribution in [2.45, 2.75) is 45.6 Å². The SMILES string of the molecule is CCC(C)(CC)NC(=O)Cc1ccc(C(N)=S)cc1. The first-order valence-electron chi connectivity index (χ1n) is 6.60. The standard InChI is InChI=1S/C15H22N2OS/c1-4-15(3,5-2)17-13(18)10-11-6-8-12(9-7-11)14(16)19/h6-9H,4-5,10H2,1-3H3,(H2,16,19)(H,17,18). The summed E-state index contributed by atoms with van der Waals surface area (Å²) in [5, 5.41) is 3.09. The van der Waals surface area contributed by atoms with Crippen LogP contribution in [0.2, 0.25) is 0 Å². The van der Waals surface area contributed by atoms with Gasteiger partial charge in [0.1, 0.15) is 4.99 Å². The molecule has 0 bridgehead atoms. The highest BCUT2D eigenvalue weighted by atomic mass is 32.1. The summed E-state index contributed by atoms with van der Waals surface area (Å²) in [5.74, 6) is 0.0503. The minimum absolute atomic E-state index is 0.0503. The van der Waals surface area contributed by atoms with Gasteiger partial charge < -0.3 is 11.1 Å². The molecule has 1 rings (SSSR count). The summed E-state index contributed by atoms with van der Waals surface area (Å²) >= 11 is 4.89. The van der Waals surface area contributed by atoms with Crippen molar-refractivity contribution < 1.29 is 4.79 Å². The summed E-state index contributed by atoms with van der Waals surface area (Å²) in [6, 6.07) is 7.49. The van der Waals surface area contributed by atoms with E-state index < -0.39 is 0 Å². The number of hydrogen-bond acceptors (Lipinski definition) is 2. The van der Waals surface area contributed by atoms with E-state index in [0.717, 1.165) is 24.0 Å². The molecule has 0 aliphatic rings. The van der Waals surface area contributed by atoms with Gasteiger partial charge in [-0.05, 0) is 25.3 Å². The van der Waals surface area contributed by atoms with E-state index in [2.05, 4.69) is 26.1 Å². The van der Waals surface area contributed by atoms with Crippen molar-refractivity contribution in [3.63, 3.8) is 0 Å². The molecule has 1 aromatic rings. The molecule has 0 saturated carbocycles. The van der Waals surface area contributed by atoms with Crippen LogP contribution in [-0.2, 0) is 11.2 Å². The maximum atomic E-state index is 12.0. The molecule has 0 radical (unpaired) electrons. The van der Waals surface area contributed by atoms with Gasteiger partial charge in [0.15, 0.2) is 0 Å². The summed E-state index contributed by atoms with van der Waals surface area (Å²) in [6.45, 7) is 6.24. The highest BCUT2D eigenvalue weighted by molar-refractivity contribution is 7.80. The first kappa shape index (κ1) is 15.6. The van der Waals surface area contributed by atoms with Crippen molar-refractivity contribution >= 4 is 23.1 Å². The number of nitrogens with one attached hydrogen (secondary N) is 1. The molecule has 0 atom stereocenters. The number of benzene rings is 1. The van der Waals surface area contributed by atoms with Crippen molar-refractivity contribution in [2.75, 3.05) is 0 Å². The lowest BCUT2D eigenvalue weighted by Gasteiger charge is -2.28. The molecule has 0 fully saturated rings. The highest BCUT2D eigenvalue weighted by Gasteiger charge is 2.21. The van der Waals surface area contributed by atoms with Crippen LogP contribution in [0, 0.1) is 0 Å². The lowest BCUT2D eigenvalue weighted by Crippen LogP contribution is -2.45. The van der Waals surface area contributed by atoms with E-state index in [1.54, 1.807) is 0 Å². The minimum Gasteiger partial charge on any atom is -0.389 e. The number of thiocarbonyl (C=S) groups is 1. The zero-order valence-electron chi connectivity index (χ0n) is 11.8. The van der Waals surface area contributed by atoms with Gasteiger partial charge in [0, 0.05) is 11.1 Å². The second-order valence-corrected chi connectivity index (χ2v) is 5.49. The lowest BCUT2D eigenvalue weighted by molar-refractivity contribution is -0.122. The normalized spacial score (nSPS) is 11.1. The van der Waals surface area contributed by atoms with Crippen molar-refractivity contribution in [2.24, 2.45) is 5.73 Å². The van der Waals surface area contributed by atoms with Gasteiger partial charge in [-0.3, -0.25) is 4.79 Å². The Morgan fingerprint density at radius 3 is 2.21 bits per heavy atom. The third-order valence-electron chi connectivity index (χ3n) is 3.60.